The molecule has 3 aromatic rings. The highest BCUT2D eigenvalue weighted by molar-refractivity contribution is 6.31. The first-order chi connectivity index (χ1) is 13.5. The van der Waals surface area contributed by atoms with Gasteiger partial charge in [-0.15, -0.1) is 0 Å². The molecule has 0 radical (unpaired) electrons. The fourth-order valence-electron chi connectivity index (χ4n) is 2.50. The lowest BCUT2D eigenvalue weighted by molar-refractivity contribution is 0.101. The third-order valence-corrected chi connectivity index (χ3v) is 4.22. The van der Waals surface area contributed by atoms with E-state index in [1.54, 1.807) is 49.6 Å². The first kappa shape index (κ1) is 19.4. The average Bonchev–Trinajstić information content (AvgIpc) is 2.71. The number of pyridine rings is 1. The third kappa shape index (κ3) is 4.66. The van der Waals surface area contributed by atoms with Crippen molar-refractivity contribution in [1.82, 2.24) is 4.98 Å². The van der Waals surface area contributed by atoms with Crippen molar-refractivity contribution < 1.29 is 14.3 Å². The summed E-state index contributed by atoms with van der Waals surface area (Å²) < 4.78 is 5.14. The van der Waals surface area contributed by atoms with Crippen LogP contribution in [0.5, 0.6) is 5.75 Å². The lowest BCUT2D eigenvalue weighted by atomic mass is 10.2. The van der Waals surface area contributed by atoms with Gasteiger partial charge in [0, 0.05) is 22.5 Å². The molecule has 6 nitrogen and oxygen atoms in total. The Labute approximate surface area is 167 Å². The first-order valence-corrected chi connectivity index (χ1v) is 8.84. The molecular weight excluding hydrogens is 378 g/mol. The fraction of sp³-hybridized carbons (Fsp3) is 0.0952. The maximum atomic E-state index is 12.5. The second kappa shape index (κ2) is 8.54. The molecule has 1 aromatic heterocycles. The minimum absolute atomic E-state index is 0.123. The summed E-state index contributed by atoms with van der Waals surface area (Å²) >= 11 is 5.98. The van der Waals surface area contributed by atoms with Gasteiger partial charge in [-0.05, 0) is 48.9 Å². The zero-order chi connectivity index (χ0) is 20.1. The van der Waals surface area contributed by atoms with E-state index in [0.29, 0.717) is 22.1 Å². The molecule has 28 heavy (non-hydrogen) atoms. The number of hydrogen-bond donors (Lipinski definition) is 2. The highest BCUT2D eigenvalue weighted by atomic mass is 35.5. The number of rotatable bonds is 5. The standard InChI is InChI=1S/C21H18ClN3O3/c1-13-9-10-14(22)11-19(13)25-21(27)18-8-4-7-17(24-18)20(26)23-15-5-3-6-16(12-15)28-2/h3-12H,1-2H3,(H,23,26)(H,25,27). The molecule has 3 rings (SSSR count). The highest BCUT2D eigenvalue weighted by Gasteiger charge is 2.14. The van der Waals surface area contributed by atoms with E-state index in [2.05, 4.69) is 15.6 Å². The minimum atomic E-state index is -0.429. The van der Waals surface area contributed by atoms with Crippen LogP contribution in [-0.2, 0) is 0 Å². The van der Waals surface area contributed by atoms with Crippen LogP contribution in [0.15, 0.2) is 60.7 Å². The number of nitrogens with zero attached hydrogens (tertiary/aromatic N) is 1. The Morgan fingerprint density at radius 3 is 2.32 bits per heavy atom. The summed E-state index contributed by atoms with van der Waals surface area (Å²) in [4.78, 5) is 29.2. The summed E-state index contributed by atoms with van der Waals surface area (Å²) in [5.41, 5.74) is 2.27. The molecule has 0 fully saturated rings. The number of aromatic nitrogens is 1. The quantitative estimate of drug-likeness (QED) is 0.663. The van der Waals surface area contributed by atoms with Gasteiger partial charge in [0.15, 0.2) is 0 Å². The molecule has 0 spiro atoms. The molecule has 0 atom stereocenters. The van der Waals surface area contributed by atoms with Crippen molar-refractivity contribution in [3.63, 3.8) is 0 Å². The van der Waals surface area contributed by atoms with E-state index >= 15 is 0 Å². The molecule has 2 aromatic carbocycles. The van der Waals surface area contributed by atoms with Crippen molar-refractivity contribution in [2.45, 2.75) is 6.92 Å². The van der Waals surface area contributed by atoms with Crippen molar-refractivity contribution in [1.29, 1.82) is 0 Å². The number of amides is 2. The average molecular weight is 396 g/mol. The van der Waals surface area contributed by atoms with Gasteiger partial charge in [-0.3, -0.25) is 9.59 Å². The topological polar surface area (TPSA) is 80.3 Å². The number of ether oxygens (including phenoxy) is 1. The van der Waals surface area contributed by atoms with Gasteiger partial charge in [-0.1, -0.05) is 29.8 Å². The van der Waals surface area contributed by atoms with Crippen LogP contribution in [0.2, 0.25) is 5.02 Å². The number of nitrogens with one attached hydrogen (secondary N) is 2. The molecule has 0 unspecified atom stereocenters. The van der Waals surface area contributed by atoms with Crippen molar-refractivity contribution in [2.75, 3.05) is 17.7 Å². The number of methoxy groups -OCH3 is 1. The van der Waals surface area contributed by atoms with E-state index in [-0.39, 0.29) is 11.4 Å². The first-order valence-electron chi connectivity index (χ1n) is 8.46. The minimum Gasteiger partial charge on any atom is -0.497 e. The van der Waals surface area contributed by atoms with Gasteiger partial charge in [0.05, 0.1) is 7.11 Å². The van der Waals surface area contributed by atoms with Crippen molar-refractivity contribution in [3.05, 3.63) is 82.6 Å². The highest BCUT2D eigenvalue weighted by Crippen LogP contribution is 2.21. The predicted molar refractivity (Wildman–Crippen MR) is 109 cm³/mol. The molecule has 7 heteroatoms. The van der Waals surface area contributed by atoms with Crippen molar-refractivity contribution in [3.8, 4) is 5.75 Å². The largest absolute Gasteiger partial charge is 0.497 e. The molecule has 0 saturated heterocycles. The Hall–Kier alpha value is -3.38. The summed E-state index contributed by atoms with van der Waals surface area (Å²) in [5, 5.41) is 6.01. The van der Waals surface area contributed by atoms with Crippen molar-refractivity contribution in [2.24, 2.45) is 0 Å². The summed E-state index contributed by atoms with van der Waals surface area (Å²) in [6, 6.07) is 16.9. The molecule has 142 valence electrons. The SMILES string of the molecule is COc1cccc(NC(=O)c2cccc(C(=O)Nc3cc(Cl)ccc3C)n2)c1. The molecule has 0 bridgehead atoms. The Morgan fingerprint density at radius 2 is 1.61 bits per heavy atom. The number of carbonyl (C=O) groups excluding carboxylic acids is 2. The van der Waals surface area contributed by atoms with Crippen LogP contribution in [-0.4, -0.2) is 23.9 Å². The molecule has 2 N–H and O–H groups in total. The fourth-order valence-corrected chi connectivity index (χ4v) is 2.67. The van der Waals surface area contributed by atoms with E-state index in [9.17, 15) is 9.59 Å². The second-order valence-electron chi connectivity index (χ2n) is 6.01. The van der Waals surface area contributed by atoms with Crippen LogP contribution >= 0.6 is 11.6 Å². The summed E-state index contributed by atoms with van der Waals surface area (Å²) in [5.74, 6) is -0.237. The maximum Gasteiger partial charge on any atom is 0.274 e. The summed E-state index contributed by atoms with van der Waals surface area (Å²) in [6.45, 7) is 1.86. The number of aryl methyl sites for hydroxylation is 1. The summed E-state index contributed by atoms with van der Waals surface area (Å²) in [7, 11) is 1.55. The van der Waals surface area contributed by atoms with E-state index < -0.39 is 11.8 Å². The van der Waals surface area contributed by atoms with E-state index in [0.717, 1.165) is 5.56 Å². The van der Waals surface area contributed by atoms with E-state index in [1.165, 1.54) is 12.1 Å². The van der Waals surface area contributed by atoms with Crippen molar-refractivity contribution >= 4 is 34.8 Å². The lowest BCUT2D eigenvalue weighted by Crippen LogP contribution is -2.18. The lowest BCUT2D eigenvalue weighted by Gasteiger charge is -2.10. The van der Waals surface area contributed by atoms with Gasteiger partial charge in [-0.25, -0.2) is 4.98 Å². The molecule has 2 amide bonds. The molecule has 0 aliphatic rings. The van der Waals surface area contributed by atoms with Crippen LogP contribution in [0.3, 0.4) is 0 Å². The van der Waals surface area contributed by atoms with Gasteiger partial charge in [0.1, 0.15) is 17.1 Å². The second-order valence-corrected chi connectivity index (χ2v) is 6.44. The molecular formula is C21H18ClN3O3. The Morgan fingerprint density at radius 1 is 0.929 bits per heavy atom. The van der Waals surface area contributed by atoms with Gasteiger partial charge in [0.25, 0.3) is 11.8 Å². The van der Waals surface area contributed by atoms with Gasteiger partial charge >= 0.3 is 0 Å². The smallest absolute Gasteiger partial charge is 0.274 e. The Balaban J connectivity index is 1.76. The summed E-state index contributed by atoms with van der Waals surface area (Å²) in [6.07, 6.45) is 0. The van der Waals surface area contributed by atoms with Crippen LogP contribution in [0.1, 0.15) is 26.5 Å². The zero-order valence-corrected chi connectivity index (χ0v) is 16.1. The maximum absolute atomic E-state index is 12.5. The van der Waals surface area contributed by atoms with E-state index in [1.807, 2.05) is 13.0 Å². The van der Waals surface area contributed by atoms with Crippen LogP contribution < -0.4 is 15.4 Å². The number of anilines is 2. The van der Waals surface area contributed by atoms with Gasteiger partial charge in [-0.2, -0.15) is 0 Å². The van der Waals surface area contributed by atoms with Gasteiger partial charge in [0.2, 0.25) is 0 Å². The monoisotopic (exact) mass is 395 g/mol. The number of benzene rings is 2. The molecule has 0 aliphatic carbocycles. The van der Waals surface area contributed by atoms with E-state index in [4.69, 9.17) is 16.3 Å². The Kier molecular flexibility index (Phi) is 5.91. The number of carbonyl (C=O) groups is 2. The number of hydrogen-bond acceptors (Lipinski definition) is 4. The normalized spacial score (nSPS) is 10.2. The molecule has 1 heterocycles. The number of halogens is 1. The zero-order valence-electron chi connectivity index (χ0n) is 15.3. The Bertz CT molecular complexity index is 1040. The predicted octanol–water partition coefficient (Wildman–Crippen LogP) is 4.56. The molecule has 0 aliphatic heterocycles. The van der Waals surface area contributed by atoms with Crippen LogP contribution in [0, 0.1) is 6.92 Å². The third-order valence-electron chi connectivity index (χ3n) is 3.99. The van der Waals surface area contributed by atoms with Crippen LogP contribution in [0.25, 0.3) is 0 Å². The van der Waals surface area contributed by atoms with Crippen LogP contribution in [0.4, 0.5) is 11.4 Å². The molecule has 0 saturated carbocycles. The van der Waals surface area contributed by atoms with Gasteiger partial charge < -0.3 is 15.4 Å².